The molecule has 4 nitrogen and oxygen atoms in total. The molecule has 4 rings (SSSR count). The summed E-state index contributed by atoms with van der Waals surface area (Å²) in [6.45, 7) is 4.75. The van der Waals surface area contributed by atoms with Gasteiger partial charge >= 0.3 is 0 Å². The first-order valence-electron chi connectivity index (χ1n) is 8.42. The molecule has 0 N–H and O–H groups in total. The van der Waals surface area contributed by atoms with Gasteiger partial charge in [-0.25, -0.2) is 0 Å². The largest absolute Gasteiger partial charge is 0.497 e. The summed E-state index contributed by atoms with van der Waals surface area (Å²) in [7, 11) is 1.70. The zero-order chi connectivity index (χ0) is 15.6. The van der Waals surface area contributed by atoms with Crippen LogP contribution in [0, 0.1) is 0 Å². The van der Waals surface area contributed by atoms with Gasteiger partial charge in [0.15, 0.2) is 0 Å². The molecular formula is C19H23N3O. The standard InChI is InChI=1S/C19H23N3O/c1-23-19-6-4-15(5-7-19)16-11-18(13-20-12-16)22-10-9-21-8-2-3-17(22)14-21/h4-7,11-13,17H,2-3,8-10,14H2,1H3. The summed E-state index contributed by atoms with van der Waals surface area (Å²) in [5.41, 5.74) is 3.61. The van der Waals surface area contributed by atoms with E-state index in [0.29, 0.717) is 6.04 Å². The molecule has 120 valence electrons. The minimum Gasteiger partial charge on any atom is -0.497 e. The van der Waals surface area contributed by atoms with Gasteiger partial charge in [0.25, 0.3) is 0 Å². The Morgan fingerprint density at radius 1 is 1.04 bits per heavy atom. The first kappa shape index (κ1) is 14.5. The average Bonchev–Trinajstić information content (AvgIpc) is 2.62. The van der Waals surface area contributed by atoms with Crippen molar-refractivity contribution >= 4 is 5.69 Å². The van der Waals surface area contributed by atoms with Crippen LogP contribution in [0.15, 0.2) is 42.7 Å². The van der Waals surface area contributed by atoms with Gasteiger partial charge in [-0.05, 0) is 43.1 Å². The quantitative estimate of drug-likeness (QED) is 0.871. The van der Waals surface area contributed by atoms with Gasteiger partial charge in [-0.1, -0.05) is 12.1 Å². The SMILES string of the molecule is COc1ccc(-c2cncc(N3CCN4CCCC3C4)c2)cc1. The number of piperazine rings is 1. The number of aromatic nitrogens is 1. The molecule has 2 saturated heterocycles. The van der Waals surface area contributed by atoms with E-state index >= 15 is 0 Å². The number of ether oxygens (including phenoxy) is 1. The second-order valence-corrected chi connectivity index (χ2v) is 6.45. The predicted octanol–water partition coefficient (Wildman–Crippen LogP) is 3.04. The van der Waals surface area contributed by atoms with Crippen molar-refractivity contribution in [2.75, 3.05) is 38.2 Å². The fourth-order valence-corrected chi connectivity index (χ4v) is 3.79. The second kappa shape index (κ2) is 6.20. The monoisotopic (exact) mass is 309 g/mol. The Morgan fingerprint density at radius 2 is 1.91 bits per heavy atom. The lowest BCUT2D eigenvalue weighted by Crippen LogP contribution is -2.56. The van der Waals surface area contributed by atoms with Gasteiger partial charge in [-0.3, -0.25) is 9.88 Å². The first-order chi connectivity index (χ1) is 11.3. The molecule has 23 heavy (non-hydrogen) atoms. The first-order valence-corrected chi connectivity index (χ1v) is 8.42. The van der Waals surface area contributed by atoms with E-state index in [2.05, 4.69) is 33.0 Å². The van der Waals surface area contributed by atoms with Crippen molar-refractivity contribution in [3.8, 4) is 16.9 Å². The molecule has 0 spiro atoms. The van der Waals surface area contributed by atoms with E-state index in [0.717, 1.165) is 12.3 Å². The number of pyridine rings is 1. The number of rotatable bonds is 3. The van der Waals surface area contributed by atoms with E-state index in [1.165, 1.54) is 49.3 Å². The van der Waals surface area contributed by atoms with Crippen LogP contribution in [0.5, 0.6) is 5.75 Å². The van der Waals surface area contributed by atoms with Crippen molar-refractivity contribution < 1.29 is 4.74 Å². The third-order valence-corrected chi connectivity index (χ3v) is 5.06. The minimum atomic E-state index is 0.644. The van der Waals surface area contributed by atoms with Crippen molar-refractivity contribution in [1.29, 1.82) is 0 Å². The highest BCUT2D eigenvalue weighted by Gasteiger charge is 2.30. The van der Waals surface area contributed by atoms with E-state index in [9.17, 15) is 0 Å². The lowest BCUT2D eigenvalue weighted by Gasteiger charge is -2.46. The summed E-state index contributed by atoms with van der Waals surface area (Å²) in [6, 6.07) is 11.1. The topological polar surface area (TPSA) is 28.6 Å². The molecule has 0 aliphatic carbocycles. The van der Waals surface area contributed by atoms with Crippen LogP contribution in [-0.4, -0.2) is 49.2 Å². The zero-order valence-electron chi connectivity index (χ0n) is 13.6. The number of nitrogens with zero attached hydrogens (tertiary/aromatic N) is 3. The molecule has 2 atom stereocenters. The summed E-state index contributed by atoms with van der Waals surface area (Å²) in [4.78, 5) is 9.64. The average molecular weight is 309 g/mol. The number of anilines is 1. The summed E-state index contributed by atoms with van der Waals surface area (Å²) in [5.74, 6) is 0.885. The number of hydrogen-bond acceptors (Lipinski definition) is 4. The van der Waals surface area contributed by atoms with Crippen LogP contribution < -0.4 is 9.64 Å². The Morgan fingerprint density at radius 3 is 2.74 bits per heavy atom. The highest BCUT2D eigenvalue weighted by Crippen LogP contribution is 2.29. The number of fused-ring (bicyclic) bond motifs is 2. The molecule has 0 radical (unpaired) electrons. The minimum absolute atomic E-state index is 0.644. The molecule has 2 fully saturated rings. The van der Waals surface area contributed by atoms with Crippen LogP contribution in [0.1, 0.15) is 12.8 Å². The number of hydrogen-bond donors (Lipinski definition) is 0. The summed E-state index contributed by atoms with van der Waals surface area (Å²) in [5, 5.41) is 0. The van der Waals surface area contributed by atoms with Gasteiger partial charge in [-0.2, -0.15) is 0 Å². The Balaban J connectivity index is 1.60. The molecule has 2 aromatic rings. The normalized spacial score (nSPS) is 23.6. The zero-order valence-corrected chi connectivity index (χ0v) is 13.6. The van der Waals surface area contributed by atoms with Gasteiger partial charge in [0.2, 0.25) is 0 Å². The van der Waals surface area contributed by atoms with Crippen LogP contribution >= 0.6 is 0 Å². The summed E-state index contributed by atoms with van der Waals surface area (Å²) in [6.07, 6.45) is 6.57. The fraction of sp³-hybridized carbons (Fsp3) is 0.421. The summed E-state index contributed by atoms with van der Waals surface area (Å²) < 4.78 is 5.24. The predicted molar refractivity (Wildman–Crippen MR) is 93.0 cm³/mol. The van der Waals surface area contributed by atoms with Crippen molar-refractivity contribution in [3.05, 3.63) is 42.7 Å². The van der Waals surface area contributed by atoms with Crippen molar-refractivity contribution in [2.45, 2.75) is 18.9 Å². The Kier molecular flexibility index (Phi) is 3.92. The third kappa shape index (κ3) is 2.91. The molecule has 2 aliphatic rings. The maximum atomic E-state index is 5.24. The van der Waals surface area contributed by atoms with E-state index in [4.69, 9.17) is 4.74 Å². The summed E-state index contributed by atoms with van der Waals surface area (Å²) >= 11 is 0. The van der Waals surface area contributed by atoms with E-state index < -0.39 is 0 Å². The third-order valence-electron chi connectivity index (χ3n) is 5.06. The molecule has 0 saturated carbocycles. The Bertz CT molecular complexity index is 671. The Labute approximate surface area is 137 Å². The van der Waals surface area contributed by atoms with Gasteiger partial charge in [0.1, 0.15) is 5.75 Å². The molecular weight excluding hydrogens is 286 g/mol. The smallest absolute Gasteiger partial charge is 0.118 e. The maximum Gasteiger partial charge on any atom is 0.118 e. The van der Waals surface area contributed by atoms with Gasteiger partial charge in [0, 0.05) is 37.4 Å². The second-order valence-electron chi connectivity index (χ2n) is 6.45. The van der Waals surface area contributed by atoms with Crippen LogP contribution in [0.3, 0.4) is 0 Å². The van der Waals surface area contributed by atoms with Gasteiger partial charge < -0.3 is 9.64 Å². The van der Waals surface area contributed by atoms with Gasteiger partial charge in [0.05, 0.1) is 19.0 Å². The highest BCUT2D eigenvalue weighted by atomic mass is 16.5. The lowest BCUT2D eigenvalue weighted by molar-refractivity contribution is 0.174. The van der Waals surface area contributed by atoms with Crippen LogP contribution in [0.25, 0.3) is 11.1 Å². The molecule has 2 bridgehead atoms. The molecule has 4 heteroatoms. The van der Waals surface area contributed by atoms with Crippen molar-refractivity contribution in [3.63, 3.8) is 0 Å². The van der Waals surface area contributed by atoms with E-state index in [1.54, 1.807) is 7.11 Å². The number of piperidine rings is 1. The van der Waals surface area contributed by atoms with E-state index in [-0.39, 0.29) is 0 Å². The fourth-order valence-electron chi connectivity index (χ4n) is 3.79. The highest BCUT2D eigenvalue weighted by molar-refractivity contribution is 5.68. The van der Waals surface area contributed by atoms with Crippen molar-refractivity contribution in [2.24, 2.45) is 0 Å². The lowest BCUT2D eigenvalue weighted by atomic mass is 10.00. The Hall–Kier alpha value is -2.07. The molecule has 1 aromatic heterocycles. The maximum absolute atomic E-state index is 5.24. The van der Waals surface area contributed by atoms with Gasteiger partial charge in [-0.15, -0.1) is 0 Å². The van der Waals surface area contributed by atoms with Crippen LogP contribution in [0.4, 0.5) is 5.69 Å². The van der Waals surface area contributed by atoms with Crippen LogP contribution in [0.2, 0.25) is 0 Å². The van der Waals surface area contributed by atoms with Crippen LogP contribution in [-0.2, 0) is 0 Å². The number of methoxy groups -OCH3 is 1. The molecule has 3 heterocycles. The molecule has 1 aromatic carbocycles. The van der Waals surface area contributed by atoms with E-state index in [1.807, 2.05) is 24.5 Å². The number of benzene rings is 1. The molecule has 0 amide bonds. The molecule has 2 aliphatic heterocycles. The molecule has 2 unspecified atom stereocenters. The van der Waals surface area contributed by atoms with Crippen molar-refractivity contribution in [1.82, 2.24) is 9.88 Å².